The summed E-state index contributed by atoms with van der Waals surface area (Å²) in [6.07, 6.45) is 0. The third-order valence-electron chi connectivity index (χ3n) is 1.26. The van der Waals surface area contributed by atoms with Crippen LogP contribution in [0.1, 0.15) is 15.2 Å². The number of aryl methyl sites for hydroxylation is 1. The molecule has 12 heavy (non-hydrogen) atoms. The molecule has 64 valence electrons. The van der Waals surface area contributed by atoms with Gasteiger partial charge in [0.25, 0.3) is 5.24 Å². The summed E-state index contributed by atoms with van der Waals surface area (Å²) in [5, 5.41) is 9.54. The number of hydrogen-bond acceptors (Lipinski definition) is 4. The van der Waals surface area contributed by atoms with E-state index >= 15 is 0 Å². The van der Waals surface area contributed by atoms with Crippen molar-refractivity contribution < 1.29 is 9.72 Å². The normalized spacial score (nSPS) is 9.83. The van der Waals surface area contributed by atoms with Gasteiger partial charge in [0.1, 0.15) is 0 Å². The number of rotatable bonds is 2. The van der Waals surface area contributed by atoms with Gasteiger partial charge in [0, 0.05) is 6.07 Å². The Morgan fingerprint density at radius 1 is 1.75 bits per heavy atom. The van der Waals surface area contributed by atoms with Gasteiger partial charge in [0.15, 0.2) is 0 Å². The first-order valence-electron chi connectivity index (χ1n) is 2.97. The van der Waals surface area contributed by atoms with Crippen LogP contribution in [0, 0.1) is 17.0 Å². The van der Waals surface area contributed by atoms with Crippen molar-refractivity contribution in [3.05, 3.63) is 26.6 Å². The topological polar surface area (TPSA) is 60.2 Å². The predicted octanol–water partition coefficient (Wildman–Crippen LogP) is 2.34. The average molecular weight is 206 g/mol. The summed E-state index contributed by atoms with van der Waals surface area (Å²) in [5.74, 6) is 0. The van der Waals surface area contributed by atoms with Crippen LogP contribution in [0.2, 0.25) is 0 Å². The van der Waals surface area contributed by atoms with Gasteiger partial charge in [-0.25, -0.2) is 0 Å². The van der Waals surface area contributed by atoms with Crippen LogP contribution >= 0.6 is 22.9 Å². The Morgan fingerprint density at radius 2 is 2.33 bits per heavy atom. The number of carbonyl (C=O) groups is 1. The molecule has 0 spiro atoms. The summed E-state index contributed by atoms with van der Waals surface area (Å²) >= 11 is 5.97. The number of halogens is 1. The number of thiophene rings is 1. The fourth-order valence-electron chi connectivity index (χ4n) is 0.750. The van der Waals surface area contributed by atoms with E-state index in [1.54, 1.807) is 6.92 Å². The Morgan fingerprint density at radius 3 is 2.58 bits per heavy atom. The largest absolute Gasteiger partial charge is 0.325 e. The number of nitro groups is 1. The first-order valence-corrected chi connectivity index (χ1v) is 4.16. The summed E-state index contributed by atoms with van der Waals surface area (Å²) < 4.78 is 0. The van der Waals surface area contributed by atoms with Gasteiger partial charge < -0.3 is 0 Å². The molecule has 0 aliphatic carbocycles. The predicted molar refractivity (Wildman–Crippen MR) is 45.9 cm³/mol. The summed E-state index contributed by atoms with van der Waals surface area (Å²) in [7, 11) is 0. The third kappa shape index (κ3) is 1.62. The van der Waals surface area contributed by atoms with Crippen LogP contribution < -0.4 is 0 Å². The van der Waals surface area contributed by atoms with Crippen molar-refractivity contribution in [3.8, 4) is 0 Å². The Labute approximate surface area is 76.9 Å². The highest BCUT2D eigenvalue weighted by atomic mass is 35.5. The molecule has 0 radical (unpaired) electrons. The van der Waals surface area contributed by atoms with E-state index in [1.807, 2.05) is 0 Å². The van der Waals surface area contributed by atoms with Gasteiger partial charge >= 0.3 is 5.00 Å². The van der Waals surface area contributed by atoms with Crippen molar-refractivity contribution >= 4 is 33.2 Å². The molecule has 0 aliphatic heterocycles. The first kappa shape index (κ1) is 9.15. The fourth-order valence-corrected chi connectivity index (χ4v) is 1.83. The van der Waals surface area contributed by atoms with Crippen LogP contribution in [0.15, 0.2) is 6.07 Å². The molecule has 1 rings (SSSR count). The Balaban J connectivity index is 3.17. The van der Waals surface area contributed by atoms with Crippen molar-refractivity contribution in [3.63, 3.8) is 0 Å². The molecule has 0 saturated carbocycles. The van der Waals surface area contributed by atoms with Crippen LogP contribution in [-0.4, -0.2) is 10.2 Å². The molecule has 0 aliphatic rings. The molecule has 0 aromatic carbocycles. The molecule has 1 heterocycles. The van der Waals surface area contributed by atoms with Crippen LogP contribution in [0.5, 0.6) is 0 Å². The van der Waals surface area contributed by atoms with Gasteiger partial charge in [-0.15, -0.1) is 0 Å². The minimum absolute atomic E-state index is 0.0588. The minimum Gasteiger partial charge on any atom is -0.275 e. The van der Waals surface area contributed by atoms with Crippen LogP contribution in [0.4, 0.5) is 5.00 Å². The number of hydrogen-bond donors (Lipinski definition) is 0. The van der Waals surface area contributed by atoms with Crippen molar-refractivity contribution in [1.82, 2.24) is 0 Å². The van der Waals surface area contributed by atoms with Gasteiger partial charge in [0.2, 0.25) is 0 Å². The first-order chi connectivity index (χ1) is 5.52. The van der Waals surface area contributed by atoms with Gasteiger partial charge in [0.05, 0.1) is 9.80 Å². The molecule has 4 nitrogen and oxygen atoms in total. The van der Waals surface area contributed by atoms with E-state index in [4.69, 9.17) is 11.6 Å². The monoisotopic (exact) mass is 205 g/mol. The Hall–Kier alpha value is -0.940. The molecule has 0 N–H and O–H groups in total. The lowest BCUT2D eigenvalue weighted by atomic mass is 10.3. The molecule has 1 aromatic heterocycles. The molecule has 0 amide bonds. The highest BCUT2D eigenvalue weighted by Crippen LogP contribution is 2.29. The van der Waals surface area contributed by atoms with E-state index < -0.39 is 10.2 Å². The van der Waals surface area contributed by atoms with E-state index in [0.29, 0.717) is 5.56 Å². The fraction of sp³-hybridized carbons (Fsp3) is 0.167. The maximum atomic E-state index is 10.7. The van der Waals surface area contributed by atoms with E-state index in [1.165, 1.54) is 6.07 Å². The molecule has 0 atom stereocenters. The second-order valence-electron chi connectivity index (χ2n) is 2.13. The quantitative estimate of drug-likeness (QED) is 0.423. The smallest absolute Gasteiger partial charge is 0.275 e. The minimum atomic E-state index is -0.648. The average Bonchev–Trinajstić information content (AvgIpc) is 2.30. The van der Waals surface area contributed by atoms with Crippen molar-refractivity contribution in [2.45, 2.75) is 6.92 Å². The van der Waals surface area contributed by atoms with Crippen molar-refractivity contribution in [2.24, 2.45) is 0 Å². The van der Waals surface area contributed by atoms with Gasteiger partial charge in [-0.05, 0) is 24.1 Å². The molecular formula is C6H4ClNO3S. The van der Waals surface area contributed by atoms with Gasteiger partial charge in [-0.3, -0.25) is 14.9 Å². The summed E-state index contributed by atoms with van der Waals surface area (Å²) in [6.45, 7) is 1.61. The molecule has 1 aromatic rings. The molecule has 0 saturated heterocycles. The second kappa shape index (κ2) is 3.20. The standard InChI is InChI=1S/C6H4ClNO3S/c1-3-2-4(8(10)11)12-5(3)6(7)9/h2H,1H3. The van der Waals surface area contributed by atoms with Crippen LogP contribution in [0.25, 0.3) is 0 Å². The zero-order valence-corrected chi connectivity index (χ0v) is 7.61. The number of carbonyl (C=O) groups excluding carboxylic acids is 1. The molecule has 0 bridgehead atoms. The van der Waals surface area contributed by atoms with Crippen molar-refractivity contribution in [2.75, 3.05) is 0 Å². The van der Waals surface area contributed by atoms with E-state index in [2.05, 4.69) is 0 Å². The van der Waals surface area contributed by atoms with E-state index in [0.717, 1.165) is 11.3 Å². The lowest BCUT2D eigenvalue weighted by Crippen LogP contribution is -1.84. The maximum absolute atomic E-state index is 10.7. The summed E-state index contributed by atoms with van der Waals surface area (Å²) in [4.78, 5) is 20.6. The summed E-state index contributed by atoms with van der Waals surface area (Å²) in [6, 6.07) is 1.33. The Kier molecular flexibility index (Phi) is 2.44. The number of nitrogens with zero attached hydrogens (tertiary/aromatic N) is 1. The molecule has 0 unspecified atom stereocenters. The highest BCUT2D eigenvalue weighted by molar-refractivity contribution is 7.18. The third-order valence-corrected chi connectivity index (χ3v) is 2.75. The van der Waals surface area contributed by atoms with Gasteiger partial charge in [-0.1, -0.05) is 11.3 Å². The SMILES string of the molecule is Cc1cc([N+](=O)[O-])sc1C(=O)Cl. The zero-order valence-electron chi connectivity index (χ0n) is 6.04. The van der Waals surface area contributed by atoms with E-state index in [-0.39, 0.29) is 9.88 Å². The molecular weight excluding hydrogens is 202 g/mol. The molecule has 0 fully saturated rings. The lowest BCUT2D eigenvalue weighted by Gasteiger charge is -1.84. The van der Waals surface area contributed by atoms with E-state index in [9.17, 15) is 14.9 Å². The highest BCUT2D eigenvalue weighted by Gasteiger charge is 2.17. The van der Waals surface area contributed by atoms with Crippen LogP contribution in [-0.2, 0) is 0 Å². The van der Waals surface area contributed by atoms with Crippen LogP contribution in [0.3, 0.4) is 0 Å². The Bertz CT molecular complexity index is 347. The maximum Gasteiger partial charge on any atom is 0.325 e. The summed E-state index contributed by atoms with van der Waals surface area (Å²) in [5.41, 5.74) is 0.548. The second-order valence-corrected chi connectivity index (χ2v) is 3.50. The van der Waals surface area contributed by atoms with Gasteiger partial charge in [-0.2, -0.15) is 0 Å². The van der Waals surface area contributed by atoms with Crippen molar-refractivity contribution in [1.29, 1.82) is 0 Å². The lowest BCUT2D eigenvalue weighted by molar-refractivity contribution is -0.380. The zero-order chi connectivity index (χ0) is 9.30. The molecule has 6 heteroatoms.